The van der Waals surface area contributed by atoms with Crippen LogP contribution in [0.4, 0.5) is 0 Å². The van der Waals surface area contributed by atoms with Gasteiger partial charge in [-0.15, -0.1) is 0 Å². The van der Waals surface area contributed by atoms with E-state index in [-0.39, 0.29) is 69.7 Å². The number of carbonyl (C=O) groups is 6. The summed E-state index contributed by atoms with van der Waals surface area (Å²) < 4.78 is 37.5. The molecule has 0 fully saturated rings. The zero-order chi connectivity index (χ0) is 53.5. The lowest BCUT2D eigenvalue weighted by Crippen LogP contribution is -2.31. The molecule has 1 aliphatic heterocycles. The van der Waals surface area contributed by atoms with E-state index in [1.54, 1.807) is 13.8 Å². The summed E-state index contributed by atoms with van der Waals surface area (Å²) in [5.41, 5.74) is 2.74. The number of aromatic hydroxyl groups is 1. The van der Waals surface area contributed by atoms with Crippen molar-refractivity contribution in [2.45, 2.75) is 259 Å². The molecular formula is C59H96O14. The molecule has 0 saturated heterocycles. The number of phenols is 1. The van der Waals surface area contributed by atoms with Gasteiger partial charge < -0.3 is 38.3 Å². The number of unbranched alkanes of at least 4 members (excludes halogenated alkanes) is 24. The van der Waals surface area contributed by atoms with Crippen molar-refractivity contribution in [2.24, 2.45) is 5.92 Å². The number of hydrogen-bond acceptors (Lipinski definition) is 14. The Morgan fingerprint density at radius 1 is 0.589 bits per heavy atom. The van der Waals surface area contributed by atoms with Crippen LogP contribution in [-0.2, 0) is 65.4 Å². The number of benzene rings is 1. The van der Waals surface area contributed by atoms with Crippen LogP contribution >= 0.6 is 0 Å². The highest BCUT2D eigenvalue weighted by Gasteiger charge is 2.32. The molecule has 0 bridgehead atoms. The Hall–Kier alpha value is -4.62. The number of hydrogen-bond donors (Lipinski definition) is 1. The number of cyclic esters (lactones) is 1. The second-order valence-corrected chi connectivity index (χ2v) is 20.3. The highest BCUT2D eigenvalue weighted by atomic mass is 16.7. The smallest absolute Gasteiger partial charge is 0.342 e. The van der Waals surface area contributed by atoms with Gasteiger partial charge in [0, 0.05) is 43.2 Å². The SMILES string of the molecule is CCCCCCCCCCCCCCCC(=O)OCC(COC(=O)CCCCCCCCCCCCCCC)OC(=O)CC(C)CC(=O)OCOC(=O)CC/C(C)=C/Cc1c(O)c2c(c(C)c1OC)COC2=O. The number of fused-ring (bicyclic) bond motifs is 1. The number of esters is 6. The molecule has 0 saturated carbocycles. The van der Waals surface area contributed by atoms with E-state index in [9.17, 15) is 33.9 Å². The Morgan fingerprint density at radius 3 is 1.48 bits per heavy atom. The minimum Gasteiger partial charge on any atom is -0.507 e. The third kappa shape index (κ3) is 29.8. The van der Waals surface area contributed by atoms with Gasteiger partial charge in [0.05, 0.1) is 7.11 Å². The summed E-state index contributed by atoms with van der Waals surface area (Å²) >= 11 is 0. The standard InChI is InChI=1S/C59H96O14/c1-7-9-11-13-15-17-19-21-23-25-27-29-31-33-51(60)68-41-48(42-69-52(61)34-32-30-28-26-24-22-20-18-16-14-12-10-8-2)73-55(64)40-46(4)39-54(63)72-44-71-53(62)38-36-45(3)35-37-49-57(65)56-50(43-70-59(56)66)47(5)58(49)67-6/h35,46,48,65H,7-34,36-44H2,1-6H3/b45-35+. The van der Waals surface area contributed by atoms with E-state index in [4.69, 9.17) is 33.2 Å². The molecule has 1 aromatic rings. The summed E-state index contributed by atoms with van der Waals surface area (Å²) in [5.74, 6) is -3.50. The Kier molecular flexibility index (Phi) is 36.0. The largest absolute Gasteiger partial charge is 0.507 e. The van der Waals surface area contributed by atoms with Crippen LogP contribution in [-0.4, -0.2) is 74.1 Å². The molecule has 0 amide bonds. The summed E-state index contributed by atoms with van der Waals surface area (Å²) in [5, 5.41) is 10.9. The van der Waals surface area contributed by atoms with Crippen molar-refractivity contribution in [3.8, 4) is 11.5 Å². The summed E-state index contributed by atoms with van der Waals surface area (Å²) in [6.45, 7) is 8.76. The van der Waals surface area contributed by atoms with E-state index in [1.807, 2.05) is 13.0 Å². The highest BCUT2D eigenvalue weighted by molar-refractivity contribution is 5.98. The summed E-state index contributed by atoms with van der Waals surface area (Å²) in [6, 6.07) is 0. The molecule has 1 aromatic carbocycles. The van der Waals surface area contributed by atoms with Crippen LogP contribution in [0.5, 0.6) is 11.5 Å². The van der Waals surface area contributed by atoms with Crippen molar-refractivity contribution in [3.05, 3.63) is 33.9 Å². The first kappa shape index (κ1) is 64.5. The highest BCUT2D eigenvalue weighted by Crippen LogP contribution is 2.42. The van der Waals surface area contributed by atoms with Gasteiger partial charge >= 0.3 is 35.8 Å². The van der Waals surface area contributed by atoms with E-state index in [0.29, 0.717) is 36.1 Å². The van der Waals surface area contributed by atoms with Gasteiger partial charge in [-0.3, -0.25) is 24.0 Å². The molecule has 73 heavy (non-hydrogen) atoms. The molecule has 14 nitrogen and oxygen atoms in total. The molecule has 1 atom stereocenters. The zero-order valence-electron chi connectivity index (χ0n) is 46.1. The summed E-state index contributed by atoms with van der Waals surface area (Å²) in [4.78, 5) is 75.7. The third-order valence-electron chi connectivity index (χ3n) is 13.6. The molecule has 14 heteroatoms. The van der Waals surface area contributed by atoms with Crippen LogP contribution in [0.15, 0.2) is 11.6 Å². The van der Waals surface area contributed by atoms with Crippen LogP contribution in [0.3, 0.4) is 0 Å². The third-order valence-corrected chi connectivity index (χ3v) is 13.6. The van der Waals surface area contributed by atoms with Gasteiger partial charge in [-0.1, -0.05) is 187 Å². The van der Waals surface area contributed by atoms with Gasteiger partial charge in [-0.05, 0) is 51.0 Å². The molecule has 1 unspecified atom stereocenters. The lowest BCUT2D eigenvalue weighted by atomic mass is 9.94. The predicted octanol–water partition coefficient (Wildman–Crippen LogP) is 14.1. The average molecular weight is 1030 g/mol. The first-order valence-corrected chi connectivity index (χ1v) is 28.4. The van der Waals surface area contributed by atoms with Gasteiger partial charge in [0.2, 0.25) is 6.79 Å². The van der Waals surface area contributed by atoms with Crippen LogP contribution < -0.4 is 4.74 Å². The van der Waals surface area contributed by atoms with Crippen LogP contribution in [0, 0.1) is 12.8 Å². The van der Waals surface area contributed by atoms with Crippen molar-refractivity contribution in [3.63, 3.8) is 0 Å². The second-order valence-electron chi connectivity index (χ2n) is 20.3. The molecule has 2 rings (SSSR count). The van der Waals surface area contributed by atoms with E-state index in [1.165, 1.54) is 123 Å². The van der Waals surface area contributed by atoms with E-state index < -0.39 is 54.6 Å². The van der Waals surface area contributed by atoms with Crippen LogP contribution in [0.1, 0.15) is 260 Å². The lowest BCUT2D eigenvalue weighted by Gasteiger charge is -2.19. The van der Waals surface area contributed by atoms with E-state index >= 15 is 0 Å². The van der Waals surface area contributed by atoms with Crippen molar-refractivity contribution >= 4 is 35.8 Å². The van der Waals surface area contributed by atoms with Gasteiger partial charge in [-0.25, -0.2) is 4.79 Å². The van der Waals surface area contributed by atoms with E-state index in [2.05, 4.69) is 13.8 Å². The zero-order valence-corrected chi connectivity index (χ0v) is 46.1. The second kappa shape index (κ2) is 40.7. The fourth-order valence-electron chi connectivity index (χ4n) is 9.08. The Morgan fingerprint density at radius 2 is 1.01 bits per heavy atom. The van der Waals surface area contributed by atoms with Crippen molar-refractivity contribution in [1.82, 2.24) is 0 Å². The number of ether oxygens (including phenoxy) is 7. The fourth-order valence-corrected chi connectivity index (χ4v) is 9.08. The Labute approximate surface area is 439 Å². The Balaban J connectivity index is 1.74. The van der Waals surface area contributed by atoms with E-state index in [0.717, 1.165) is 49.7 Å². The molecule has 1 aliphatic rings. The van der Waals surface area contributed by atoms with Crippen molar-refractivity contribution in [2.75, 3.05) is 27.1 Å². The first-order valence-electron chi connectivity index (χ1n) is 28.4. The monoisotopic (exact) mass is 1030 g/mol. The predicted molar refractivity (Wildman–Crippen MR) is 283 cm³/mol. The topological polar surface area (TPSA) is 187 Å². The van der Waals surface area contributed by atoms with Gasteiger partial charge in [0.25, 0.3) is 0 Å². The number of phenolic OH excluding ortho intramolecular Hbond substituents is 1. The molecule has 416 valence electrons. The lowest BCUT2D eigenvalue weighted by molar-refractivity contribution is -0.170. The maximum atomic E-state index is 13.1. The van der Waals surface area contributed by atoms with Gasteiger partial charge in [0.15, 0.2) is 6.10 Å². The Bertz CT molecular complexity index is 1740. The summed E-state index contributed by atoms with van der Waals surface area (Å²) in [7, 11) is 1.49. The van der Waals surface area contributed by atoms with Crippen LogP contribution in [0.2, 0.25) is 0 Å². The molecular weight excluding hydrogens is 933 g/mol. The average Bonchev–Trinajstić information content (AvgIpc) is 3.76. The van der Waals surface area contributed by atoms with Crippen LogP contribution in [0.25, 0.3) is 0 Å². The van der Waals surface area contributed by atoms with Crippen molar-refractivity contribution in [1.29, 1.82) is 0 Å². The number of carbonyl (C=O) groups excluding carboxylic acids is 6. The number of methoxy groups -OCH3 is 1. The minimum atomic E-state index is -1.00. The maximum Gasteiger partial charge on any atom is 0.342 e. The maximum absolute atomic E-state index is 13.1. The van der Waals surface area contributed by atoms with Gasteiger partial charge in [-0.2, -0.15) is 0 Å². The molecule has 0 aliphatic carbocycles. The quantitative estimate of drug-likeness (QED) is 0.0214. The molecule has 0 aromatic heterocycles. The van der Waals surface area contributed by atoms with Gasteiger partial charge in [0.1, 0.15) is 36.9 Å². The normalized spacial score (nSPS) is 12.6. The number of allylic oxidation sites excluding steroid dienone is 2. The molecule has 0 spiro atoms. The summed E-state index contributed by atoms with van der Waals surface area (Å²) in [6.07, 6.45) is 32.7. The number of rotatable bonds is 45. The first-order chi connectivity index (χ1) is 35.3. The van der Waals surface area contributed by atoms with Crippen molar-refractivity contribution < 1.29 is 67.0 Å². The minimum absolute atomic E-state index is 0.00541. The molecule has 0 radical (unpaired) electrons. The molecule has 1 heterocycles. The molecule has 1 N–H and O–H groups in total. The fraction of sp³-hybridized carbons (Fsp3) is 0.763.